The smallest absolute Gasteiger partial charge is 0.328 e. The Morgan fingerprint density at radius 1 is 1.22 bits per heavy atom. The fourth-order valence-electron chi connectivity index (χ4n) is 2.35. The highest BCUT2D eigenvalue weighted by Crippen LogP contribution is 2.25. The van der Waals surface area contributed by atoms with E-state index in [4.69, 9.17) is 5.11 Å². The lowest BCUT2D eigenvalue weighted by Gasteiger charge is -2.16. The molecule has 0 fully saturated rings. The van der Waals surface area contributed by atoms with Gasteiger partial charge in [-0.25, -0.2) is 4.79 Å². The molecule has 2 rings (SSSR count). The zero-order valence-electron chi connectivity index (χ0n) is 10.6. The van der Waals surface area contributed by atoms with Gasteiger partial charge in [-0.15, -0.1) is 0 Å². The quantitative estimate of drug-likeness (QED) is 0.649. The van der Waals surface area contributed by atoms with Crippen molar-refractivity contribution in [1.82, 2.24) is 0 Å². The van der Waals surface area contributed by atoms with Gasteiger partial charge in [0.2, 0.25) is 0 Å². The van der Waals surface area contributed by atoms with E-state index in [0.29, 0.717) is 0 Å². The molecule has 1 aromatic carbocycles. The fourth-order valence-corrected chi connectivity index (χ4v) is 2.35. The maximum Gasteiger partial charge on any atom is 0.328 e. The Hall–Kier alpha value is -1.83. The molecule has 94 valence electrons. The van der Waals surface area contributed by atoms with Crippen molar-refractivity contribution in [2.45, 2.75) is 32.6 Å². The van der Waals surface area contributed by atoms with Gasteiger partial charge in [0.25, 0.3) is 0 Å². The second kappa shape index (κ2) is 5.67. The average molecular weight is 242 g/mol. The van der Waals surface area contributed by atoms with Crippen molar-refractivity contribution in [2.24, 2.45) is 0 Å². The van der Waals surface area contributed by atoms with Crippen LogP contribution >= 0.6 is 0 Å². The molecular weight excluding hydrogens is 224 g/mol. The van der Waals surface area contributed by atoms with Crippen molar-refractivity contribution < 1.29 is 9.90 Å². The highest BCUT2D eigenvalue weighted by molar-refractivity contribution is 5.80. The summed E-state index contributed by atoms with van der Waals surface area (Å²) in [6.07, 6.45) is 9.51. The predicted octanol–water partition coefficient (Wildman–Crippen LogP) is 3.61. The largest absolute Gasteiger partial charge is 0.478 e. The number of fused-ring (bicyclic) bond motifs is 1. The number of allylic oxidation sites excluding steroid dienone is 3. The minimum Gasteiger partial charge on any atom is -0.478 e. The van der Waals surface area contributed by atoms with Crippen LogP contribution in [0.15, 0.2) is 36.4 Å². The molecule has 1 aliphatic carbocycles. The Morgan fingerprint density at radius 3 is 2.67 bits per heavy atom. The zero-order chi connectivity index (χ0) is 13.0. The molecule has 2 heteroatoms. The molecule has 1 aliphatic rings. The van der Waals surface area contributed by atoms with Crippen LogP contribution in [-0.2, 0) is 17.6 Å². The molecular formula is C16H18O2. The van der Waals surface area contributed by atoms with Crippen molar-refractivity contribution >= 4 is 11.5 Å². The minimum atomic E-state index is -0.913. The van der Waals surface area contributed by atoms with Gasteiger partial charge in [-0.1, -0.05) is 30.4 Å². The van der Waals surface area contributed by atoms with Crippen LogP contribution in [0.25, 0.3) is 5.57 Å². The van der Waals surface area contributed by atoms with E-state index < -0.39 is 5.97 Å². The van der Waals surface area contributed by atoms with Gasteiger partial charge in [0, 0.05) is 6.08 Å². The van der Waals surface area contributed by atoms with Crippen molar-refractivity contribution in [3.63, 3.8) is 0 Å². The van der Waals surface area contributed by atoms with Crippen LogP contribution in [0.1, 0.15) is 36.5 Å². The molecule has 0 saturated carbocycles. The highest BCUT2D eigenvalue weighted by atomic mass is 16.4. The molecule has 0 saturated heterocycles. The minimum absolute atomic E-state index is 0.913. The van der Waals surface area contributed by atoms with Gasteiger partial charge in [-0.2, -0.15) is 0 Å². The van der Waals surface area contributed by atoms with Crippen LogP contribution in [0.2, 0.25) is 0 Å². The van der Waals surface area contributed by atoms with Gasteiger partial charge in [-0.3, -0.25) is 0 Å². The number of aliphatic carboxylic acids is 1. The molecule has 0 amide bonds. The van der Waals surface area contributed by atoms with E-state index in [9.17, 15) is 4.79 Å². The SMILES string of the molecule is C/C(=C\C=C\C(=O)O)c1ccc2c(c1)CCCC2. The summed E-state index contributed by atoms with van der Waals surface area (Å²) in [6.45, 7) is 2.01. The van der Waals surface area contributed by atoms with E-state index in [1.54, 1.807) is 6.08 Å². The second-order valence-corrected chi connectivity index (χ2v) is 4.74. The third kappa shape index (κ3) is 3.10. The molecule has 2 nitrogen and oxygen atoms in total. The first kappa shape index (κ1) is 12.6. The standard InChI is InChI=1S/C16H18O2/c1-12(5-4-8-16(17)18)14-10-9-13-6-2-3-7-15(13)11-14/h4-5,8-11H,2-3,6-7H2,1H3,(H,17,18)/b8-4+,12-5+. The normalized spacial score (nSPS) is 15.7. The van der Waals surface area contributed by atoms with E-state index >= 15 is 0 Å². The van der Waals surface area contributed by atoms with Crippen LogP contribution in [0.3, 0.4) is 0 Å². The maximum absolute atomic E-state index is 10.4. The van der Waals surface area contributed by atoms with E-state index in [0.717, 1.165) is 11.6 Å². The van der Waals surface area contributed by atoms with Crippen molar-refractivity contribution in [1.29, 1.82) is 0 Å². The number of aryl methyl sites for hydroxylation is 2. The lowest BCUT2D eigenvalue weighted by Crippen LogP contribution is -2.02. The maximum atomic E-state index is 10.4. The van der Waals surface area contributed by atoms with Gasteiger partial charge in [0.15, 0.2) is 0 Å². The summed E-state index contributed by atoms with van der Waals surface area (Å²) in [7, 11) is 0. The molecule has 0 aliphatic heterocycles. The zero-order valence-corrected chi connectivity index (χ0v) is 10.6. The number of benzene rings is 1. The lowest BCUT2D eigenvalue weighted by molar-refractivity contribution is -0.131. The van der Waals surface area contributed by atoms with Crippen molar-refractivity contribution in [3.8, 4) is 0 Å². The number of rotatable bonds is 3. The van der Waals surface area contributed by atoms with Crippen LogP contribution in [0.4, 0.5) is 0 Å². The molecule has 1 aromatic rings. The van der Waals surface area contributed by atoms with Gasteiger partial charge in [-0.05, 0) is 54.9 Å². The van der Waals surface area contributed by atoms with E-state index in [2.05, 4.69) is 18.2 Å². The Morgan fingerprint density at radius 2 is 1.94 bits per heavy atom. The molecule has 1 N–H and O–H groups in total. The number of hydrogen-bond acceptors (Lipinski definition) is 1. The van der Waals surface area contributed by atoms with E-state index in [-0.39, 0.29) is 0 Å². The first-order chi connectivity index (χ1) is 8.66. The van der Waals surface area contributed by atoms with Crippen LogP contribution in [0.5, 0.6) is 0 Å². The van der Waals surface area contributed by atoms with Crippen LogP contribution in [0, 0.1) is 0 Å². The summed E-state index contributed by atoms with van der Waals surface area (Å²) < 4.78 is 0. The van der Waals surface area contributed by atoms with Gasteiger partial charge in [0.1, 0.15) is 0 Å². The second-order valence-electron chi connectivity index (χ2n) is 4.74. The lowest BCUT2D eigenvalue weighted by atomic mass is 9.89. The number of carbonyl (C=O) groups is 1. The summed E-state index contributed by atoms with van der Waals surface area (Å²) in [5.74, 6) is -0.913. The van der Waals surface area contributed by atoms with Crippen LogP contribution < -0.4 is 0 Å². The topological polar surface area (TPSA) is 37.3 Å². The number of carboxylic acid groups (broad SMARTS) is 1. The third-order valence-corrected chi connectivity index (χ3v) is 3.39. The summed E-state index contributed by atoms with van der Waals surface area (Å²) >= 11 is 0. The Labute approximate surface area is 108 Å². The van der Waals surface area contributed by atoms with Crippen molar-refractivity contribution in [3.05, 3.63) is 53.1 Å². The van der Waals surface area contributed by atoms with Crippen LogP contribution in [-0.4, -0.2) is 11.1 Å². The van der Waals surface area contributed by atoms with Gasteiger partial charge < -0.3 is 5.11 Å². The fraction of sp³-hybridized carbons (Fsp3) is 0.312. The van der Waals surface area contributed by atoms with Gasteiger partial charge >= 0.3 is 5.97 Å². The third-order valence-electron chi connectivity index (χ3n) is 3.39. The van der Waals surface area contributed by atoms with Crippen molar-refractivity contribution in [2.75, 3.05) is 0 Å². The molecule has 18 heavy (non-hydrogen) atoms. The number of carboxylic acids is 1. The molecule has 0 unspecified atom stereocenters. The molecule has 0 atom stereocenters. The summed E-state index contributed by atoms with van der Waals surface area (Å²) in [6, 6.07) is 6.58. The molecule has 0 radical (unpaired) electrons. The Bertz CT molecular complexity index is 510. The monoisotopic (exact) mass is 242 g/mol. The number of hydrogen-bond donors (Lipinski definition) is 1. The van der Waals surface area contributed by atoms with E-state index in [1.807, 2.05) is 13.0 Å². The molecule has 0 aromatic heterocycles. The Balaban J connectivity index is 2.20. The summed E-state index contributed by atoms with van der Waals surface area (Å²) in [5, 5.41) is 8.54. The predicted molar refractivity (Wildman–Crippen MR) is 73.5 cm³/mol. The van der Waals surface area contributed by atoms with Gasteiger partial charge in [0.05, 0.1) is 0 Å². The summed E-state index contributed by atoms with van der Waals surface area (Å²) in [5.41, 5.74) is 5.21. The highest BCUT2D eigenvalue weighted by Gasteiger charge is 2.09. The summed E-state index contributed by atoms with van der Waals surface area (Å²) in [4.78, 5) is 10.4. The Kier molecular flexibility index (Phi) is 3.98. The average Bonchev–Trinajstić information content (AvgIpc) is 2.37. The molecule has 0 spiro atoms. The van der Waals surface area contributed by atoms with E-state index in [1.165, 1.54) is 42.4 Å². The molecule has 0 heterocycles. The first-order valence-corrected chi connectivity index (χ1v) is 6.37. The first-order valence-electron chi connectivity index (χ1n) is 6.37. The molecule has 0 bridgehead atoms.